The molecule has 3 rings (SSSR count). The summed E-state index contributed by atoms with van der Waals surface area (Å²) >= 11 is 1.53. The first-order valence-corrected chi connectivity index (χ1v) is 12.3. The number of aryl methyl sites for hydroxylation is 1. The van der Waals surface area contributed by atoms with E-state index in [1.165, 1.54) is 24.3 Å². The predicted octanol–water partition coefficient (Wildman–Crippen LogP) is 2.67. The summed E-state index contributed by atoms with van der Waals surface area (Å²) in [5, 5.41) is 4.73. The van der Waals surface area contributed by atoms with Crippen LogP contribution in [0.3, 0.4) is 0 Å². The molecule has 0 saturated heterocycles. The van der Waals surface area contributed by atoms with Crippen molar-refractivity contribution in [3.8, 4) is 0 Å². The summed E-state index contributed by atoms with van der Waals surface area (Å²) in [4.78, 5) is 27.3. The lowest BCUT2D eigenvalue weighted by atomic mass is 10.0. The van der Waals surface area contributed by atoms with Crippen molar-refractivity contribution in [2.24, 2.45) is 5.92 Å². The molecular formula is C21H27N3O4S2. The Morgan fingerprint density at radius 3 is 2.63 bits per heavy atom. The number of benzene rings is 1. The molecule has 0 spiro atoms. The molecule has 0 radical (unpaired) electrons. The van der Waals surface area contributed by atoms with Crippen molar-refractivity contribution in [2.45, 2.75) is 51.1 Å². The monoisotopic (exact) mass is 449 g/mol. The largest absolute Gasteiger partial charge is 0.350 e. The molecule has 7 nitrogen and oxygen atoms in total. The van der Waals surface area contributed by atoms with Gasteiger partial charge in [0.15, 0.2) is 0 Å². The third-order valence-electron chi connectivity index (χ3n) is 5.11. The molecular weight excluding hydrogens is 422 g/mol. The number of nitrogens with zero attached hydrogens (tertiary/aromatic N) is 1. The van der Waals surface area contributed by atoms with Crippen LogP contribution in [0.25, 0.3) is 0 Å². The predicted molar refractivity (Wildman–Crippen MR) is 118 cm³/mol. The van der Waals surface area contributed by atoms with Gasteiger partial charge in [-0.15, -0.1) is 11.3 Å². The maximum absolute atomic E-state index is 13.0. The van der Waals surface area contributed by atoms with E-state index in [1.54, 1.807) is 30.9 Å². The molecule has 0 aliphatic carbocycles. The summed E-state index contributed by atoms with van der Waals surface area (Å²) < 4.78 is 28.6. The Morgan fingerprint density at radius 1 is 1.23 bits per heavy atom. The van der Waals surface area contributed by atoms with Crippen molar-refractivity contribution in [1.82, 2.24) is 10.0 Å². The Labute approximate surface area is 181 Å². The maximum atomic E-state index is 13.0. The van der Waals surface area contributed by atoms with Crippen molar-refractivity contribution < 1.29 is 18.0 Å². The van der Waals surface area contributed by atoms with Crippen LogP contribution in [0, 0.1) is 5.92 Å². The topological polar surface area (TPSA) is 95.6 Å². The molecule has 1 atom stereocenters. The van der Waals surface area contributed by atoms with Gasteiger partial charge in [-0.2, -0.15) is 4.72 Å². The number of sulfonamides is 1. The Bertz CT molecular complexity index is 1020. The van der Waals surface area contributed by atoms with Crippen LogP contribution in [0.2, 0.25) is 0 Å². The molecule has 2 N–H and O–H groups in total. The second kappa shape index (κ2) is 9.28. The van der Waals surface area contributed by atoms with Crippen LogP contribution in [0.4, 0.5) is 5.69 Å². The quantitative estimate of drug-likeness (QED) is 0.679. The molecule has 162 valence electrons. The smallest absolute Gasteiger partial charge is 0.241 e. The molecule has 9 heteroatoms. The lowest BCUT2D eigenvalue weighted by molar-refractivity contribution is -0.123. The number of hydrogen-bond acceptors (Lipinski definition) is 5. The summed E-state index contributed by atoms with van der Waals surface area (Å²) in [6, 6.07) is 7.69. The Balaban J connectivity index is 1.78. The minimum Gasteiger partial charge on any atom is -0.350 e. The van der Waals surface area contributed by atoms with Gasteiger partial charge in [0.2, 0.25) is 21.8 Å². The highest BCUT2D eigenvalue weighted by Crippen LogP contribution is 2.29. The molecule has 2 amide bonds. The summed E-state index contributed by atoms with van der Waals surface area (Å²) in [6.45, 7) is 6.10. The first kappa shape index (κ1) is 22.5. The van der Waals surface area contributed by atoms with Crippen LogP contribution in [0.1, 0.15) is 37.6 Å². The third-order valence-corrected chi connectivity index (χ3v) is 7.42. The van der Waals surface area contributed by atoms with Crippen LogP contribution in [0.5, 0.6) is 0 Å². The summed E-state index contributed by atoms with van der Waals surface area (Å²) in [5.74, 6) is -0.649. The van der Waals surface area contributed by atoms with E-state index in [0.717, 1.165) is 22.5 Å². The normalized spacial score (nSPS) is 15.0. The third kappa shape index (κ3) is 5.08. The zero-order valence-corrected chi connectivity index (χ0v) is 19.0. The van der Waals surface area contributed by atoms with E-state index in [1.807, 2.05) is 17.5 Å². The van der Waals surface area contributed by atoms with Crippen molar-refractivity contribution in [3.63, 3.8) is 0 Å². The van der Waals surface area contributed by atoms with Crippen molar-refractivity contribution >= 4 is 38.9 Å². The van der Waals surface area contributed by atoms with Crippen LogP contribution < -0.4 is 14.9 Å². The highest BCUT2D eigenvalue weighted by molar-refractivity contribution is 7.89. The van der Waals surface area contributed by atoms with Gasteiger partial charge in [-0.3, -0.25) is 9.59 Å². The van der Waals surface area contributed by atoms with Crippen LogP contribution in [0.15, 0.2) is 40.6 Å². The molecule has 1 aromatic carbocycles. The summed E-state index contributed by atoms with van der Waals surface area (Å²) in [7, 11) is -3.90. The zero-order valence-electron chi connectivity index (χ0n) is 17.3. The van der Waals surface area contributed by atoms with Gasteiger partial charge < -0.3 is 10.2 Å². The average molecular weight is 450 g/mol. The Hall–Kier alpha value is -2.23. The number of carbonyl (C=O) groups excluding carboxylic acids is 2. The van der Waals surface area contributed by atoms with Gasteiger partial charge in [-0.05, 0) is 54.0 Å². The number of hydrogen-bond donors (Lipinski definition) is 2. The van der Waals surface area contributed by atoms with Gasteiger partial charge in [0.1, 0.15) is 6.04 Å². The fraction of sp³-hybridized carbons (Fsp3) is 0.429. The number of anilines is 1. The number of amides is 2. The maximum Gasteiger partial charge on any atom is 0.241 e. The fourth-order valence-corrected chi connectivity index (χ4v) is 5.53. The summed E-state index contributed by atoms with van der Waals surface area (Å²) in [6.07, 6.45) is 1.49. The minimum absolute atomic E-state index is 0.0630. The Kier molecular flexibility index (Phi) is 6.95. The molecule has 2 heterocycles. The van der Waals surface area contributed by atoms with Gasteiger partial charge >= 0.3 is 0 Å². The van der Waals surface area contributed by atoms with Gasteiger partial charge in [0.05, 0.1) is 11.4 Å². The number of thiophene rings is 1. The van der Waals surface area contributed by atoms with Gasteiger partial charge in [-0.25, -0.2) is 8.42 Å². The van der Waals surface area contributed by atoms with E-state index in [4.69, 9.17) is 0 Å². The van der Waals surface area contributed by atoms with Crippen LogP contribution in [-0.2, 0) is 32.6 Å². The van der Waals surface area contributed by atoms with E-state index in [9.17, 15) is 18.0 Å². The van der Waals surface area contributed by atoms with Crippen molar-refractivity contribution in [1.29, 1.82) is 0 Å². The van der Waals surface area contributed by atoms with E-state index in [-0.39, 0.29) is 22.6 Å². The SMILES string of the molecule is CC(=O)N1CCCc2cc(S(=O)(=O)NC(C(=O)NCc3cccs3)C(C)C)ccc21. The second-order valence-corrected chi connectivity index (χ2v) is 10.5. The van der Waals surface area contributed by atoms with Crippen molar-refractivity contribution in [3.05, 3.63) is 46.2 Å². The molecule has 1 aromatic heterocycles. The van der Waals surface area contributed by atoms with E-state index < -0.39 is 16.1 Å². The first-order chi connectivity index (χ1) is 14.2. The highest BCUT2D eigenvalue weighted by atomic mass is 32.2. The van der Waals surface area contributed by atoms with E-state index in [0.29, 0.717) is 19.5 Å². The fourth-order valence-electron chi connectivity index (χ4n) is 3.49. The zero-order chi connectivity index (χ0) is 21.9. The highest BCUT2D eigenvalue weighted by Gasteiger charge is 2.29. The molecule has 2 aromatic rings. The molecule has 30 heavy (non-hydrogen) atoms. The van der Waals surface area contributed by atoms with E-state index in [2.05, 4.69) is 10.0 Å². The van der Waals surface area contributed by atoms with Crippen LogP contribution >= 0.6 is 11.3 Å². The molecule has 0 fully saturated rings. The van der Waals surface area contributed by atoms with Crippen LogP contribution in [-0.4, -0.2) is 32.8 Å². The van der Waals surface area contributed by atoms with E-state index >= 15 is 0 Å². The minimum atomic E-state index is -3.90. The van der Waals surface area contributed by atoms with Gasteiger partial charge in [0.25, 0.3) is 0 Å². The molecule has 0 saturated carbocycles. The number of carbonyl (C=O) groups is 2. The van der Waals surface area contributed by atoms with Gasteiger partial charge in [0, 0.05) is 24.0 Å². The summed E-state index contributed by atoms with van der Waals surface area (Å²) in [5.41, 5.74) is 1.57. The van der Waals surface area contributed by atoms with Crippen molar-refractivity contribution in [2.75, 3.05) is 11.4 Å². The lowest BCUT2D eigenvalue weighted by Gasteiger charge is -2.29. The standard InChI is InChI=1S/C21H27N3O4S2/c1-14(2)20(21(26)22-13-17-7-5-11-29-17)23-30(27,28)18-8-9-19-16(12-18)6-4-10-24(19)15(3)25/h5,7-9,11-12,14,20,23H,4,6,10,13H2,1-3H3,(H,22,26). The number of rotatable bonds is 7. The number of nitrogens with one attached hydrogen (secondary N) is 2. The Morgan fingerprint density at radius 2 is 2.00 bits per heavy atom. The number of fused-ring (bicyclic) bond motifs is 1. The lowest BCUT2D eigenvalue weighted by Crippen LogP contribution is -2.49. The molecule has 0 bridgehead atoms. The molecule has 1 unspecified atom stereocenters. The second-order valence-electron chi connectivity index (χ2n) is 7.70. The average Bonchev–Trinajstić information content (AvgIpc) is 3.22. The first-order valence-electron chi connectivity index (χ1n) is 9.92. The van der Waals surface area contributed by atoms with Gasteiger partial charge in [-0.1, -0.05) is 19.9 Å². The molecule has 1 aliphatic rings. The molecule has 1 aliphatic heterocycles.